The average Bonchev–Trinajstić information content (AvgIpc) is 2.59. The smallest absolute Gasteiger partial charge is 0.237 e. The van der Waals surface area contributed by atoms with Crippen LogP contribution in [0.4, 0.5) is 0 Å². The SMILES string of the molecule is Cc1ccsc1CNC(=O)[C@@H](N)C(C)C. The molecule has 1 heterocycles. The minimum absolute atomic E-state index is 0.0715. The first-order valence-corrected chi connectivity index (χ1v) is 5.96. The molecule has 1 atom stereocenters. The third-order valence-corrected chi connectivity index (χ3v) is 3.44. The third kappa shape index (κ3) is 3.32. The molecule has 3 N–H and O–H groups in total. The molecule has 0 aliphatic carbocycles. The molecule has 0 spiro atoms. The molecular formula is C11H18N2OS. The second-order valence-corrected chi connectivity index (χ2v) is 5.02. The van der Waals surface area contributed by atoms with Crippen LogP contribution in [0.1, 0.15) is 24.3 Å². The molecule has 3 nitrogen and oxygen atoms in total. The topological polar surface area (TPSA) is 55.1 Å². The highest BCUT2D eigenvalue weighted by Crippen LogP contribution is 2.14. The number of thiophene rings is 1. The Bertz CT molecular complexity index is 333. The van der Waals surface area contributed by atoms with Crippen LogP contribution >= 0.6 is 11.3 Å². The van der Waals surface area contributed by atoms with Crippen LogP contribution in [0.5, 0.6) is 0 Å². The first kappa shape index (κ1) is 12.2. The molecule has 1 rings (SSSR count). The normalized spacial score (nSPS) is 12.9. The molecule has 0 fully saturated rings. The van der Waals surface area contributed by atoms with Crippen LogP contribution in [0.25, 0.3) is 0 Å². The highest BCUT2D eigenvalue weighted by molar-refractivity contribution is 7.10. The monoisotopic (exact) mass is 226 g/mol. The molecule has 0 aromatic carbocycles. The number of carbonyl (C=O) groups excluding carboxylic acids is 1. The van der Waals surface area contributed by atoms with Crippen LogP contribution in [0.3, 0.4) is 0 Å². The van der Waals surface area contributed by atoms with Gasteiger partial charge in [0.15, 0.2) is 0 Å². The molecule has 4 heteroatoms. The molecule has 0 aliphatic rings. The number of hydrogen-bond donors (Lipinski definition) is 2. The van der Waals surface area contributed by atoms with E-state index in [1.807, 2.05) is 26.2 Å². The van der Waals surface area contributed by atoms with Crippen LogP contribution in [-0.2, 0) is 11.3 Å². The van der Waals surface area contributed by atoms with E-state index in [9.17, 15) is 4.79 Å². The summed E-state index contributed by atoms with van der Waals surface area (Å²) in [6.45, 7) is 6.52. The summed E-state index contributed by atoms with van der Waals surface area (Å²) in [4.78, 5) is 12.8. The molecule has 0 aliphatic heterocycles. The summed E-state index contributed by atoms with van der Waals surface area (Å²) in [5.41, 5.74) is 6.95. The van der Waals surface area contributed by atoms with Crippen molar-refractivity contribution in [3.05, 3.63) is 21.9 Å². The molecule has 15 heavy (non-hydrogen) atoms. The van der Waals surface area contributed by atoms with E-state index in [4.69, 9.17) is 5.73 Å². The van der Waals surface area contributed by atoms with Crippen molar-refractivity contribution in [3.63, 3.8) is 0 Å². The van der Waals surface area contributed by atoms with Gasteiger partial charge in [-0.25, -0.2) is 0 Å². The van der Waals surface area contributed by atoms with Gasteiger partial charge in [0, 0.05) is 4.88 Å². The van der Waals surface area contributed by atoms with E-state index >= 15 is 0 Å². The van der Waals surface area contributed by atoms with Gasteiger partial charge in [-0.05, 0) is 29.9 Å². The minimum atomic E-state index is -0.412. The summed E-state index contributed by atoms with van der Waals surface area (Å²) < 4.78 is 0. The maximum Gasteiger partial charge on any atom is 0.237 e. The summed E-state index contributed by atoms with van der Waals surface area (Å²) in [6.07, 6.45) is 0. The zero-order valence-corrected chi connectivity index (χ0v) is 10.2. The van der Waals surface area contributed by atoms with Gasteiger partial charge in [0.25, 0.3) is 0 Å². The Hall–Kier alpha value is -0.870. The van der Waals surface area contributed by atoms with Gasteiger partial charge in [-0.2, -0.15) is 0 Å². The van der Waals surface area contributed by atoms with Crippen molar-refractivity contribution in [1.82, 2.24) is 5.32 Å². The molecule has 84 valence electrons. The zero-order chi connectivity index (χ0) is 11.4. The lowest BCUT2D eigenvalue weighted by Gasteiger charge is -2.15. The lowest BCUT2D eigenvalue weighted by molar-refractivity contribution is -0.123. The van der Waals surface area contributed by atoms with Crippen molar-refractivity contribution in [2.45, 2.75) is 33.4 Å². The van der Waals surface area contributed by atoms with E-state index in [0.29, 0.717) is 6.54 Å². The third-order valence-electron chi connectivity index (χ3n) is 2.41. The number of carbonyl (C=O) groups is 1. The van der Waals surface area contributed by atoms with Crippen molar-refractivity contribution in [2.75, 3.05) is 0 Å². The van der Waals surface area contributed by atoms with E-state index in [-0.39, 0.29) is 11.8 Å². The maximum absolute atomic E-state index is 11.6. The zero-order valence-electron chi connectivity index (χ0n) is 9.41. The van der Waals surface area contributed by atoms with Crippen molar-refractivity contribution in [2.24, 2.45) is 11.7 Å². The lowest BCUT2D eigenvalue weighted by Crippen LogP contribution is -2.43. The Kier molecular flexibility index (Phi) is 4.29. The highest BCUT2D eigenvalue weighted by Gasteiger charge is 2.16. The number of aryl methyl sites for hydroxylation is 1. The van der Waals surface area contributed by atoms with Crippen molar-refractivity contribution >= 4 is 17.2 Å². The molecule has 1 amide bonds. The van der Waals surface area contributed by atoms with Gasteiger partial charge in [0.05, 0.1) is 12.6 Å². The van der Waals surface area contributed by atoms with Gasteiger partial charge in [0.2, 0.25) is 5.91 Å². The van der Waals surface area contributed by atoms with E-state index in [1.54, 1.807) is 11.3 Å². The standard InChI is InChI=1S/C11H18N2OS/c1-7(2)10(12)11(14)13-6-9-8(3)4-5-15-9/h4-5,7,10H,6,12H2,1-3H3,(H,13,14)/t10-/m0/s1. The molecule has 1 aromatic heterocycles. The first-order chi connectivity index (χ1) is 7.02. The Balaban J connectivity index is 2.44. The number of hydrogen-bond acceptors (Lipinski definition) is 3. The summed E-state index contributed by atoms with van der Waals surface area (Å²) in [7, 11) is 0. The van der Waals surface area contributed by atoms with Crippen molar-refractivity contribution in [3.8, 4) is 0 Å². The van der Waals surface area contributed by atoms with Gasteiger partial charge >= 0.3 is 0 Å². The fraction of sp³-hybridized carbons (Fsp3) is 0.545. The molecule has 0 saturated heterocycles. The highest BCUT2D eigenvalue weighted by atomic mass is 32.1. The Morgan fingerprint density at radius 1 is 1.60 bits per heavy atom. The van der Waals surface area contributed by atoms with Crippen molar-refractivity contribution in [1.29, 1.82) is 0 Å². The number of amides is 1. The van der Waals surface area contributed by atoms with Gasteiger partial charge in [-0.1, -0.05) is 13.8 Å². The van der Waals surface area contributed by atoms with Crippen LogP contribution in [0, 0.1) is 12.8 Å². The largest absolute Gasteiger partial charge is 0.350 e. The summed E-state index contributed by atoms with van der Waals surface area (Å²) >= 11 is 1.66. The van der Waals surface area contributed by atoms with Crippen LogP contribution in [0.15, 0.2) is 11.4 Å². The maximum atomic E-state index is 11.6. The van der Waals surface area contributed by atoms with E-state index < -0.39 is 6.04 Å². The fourth-order valence-electron chi connectivity index (χ4n) is 1.17. The van der Waals surface area contributed by atoms with Crippen molar-refractivity contribution < 1.29 is 4.79 Å². The predicted molar refractivity (Wildman–Crippen MR) is 63.7 cm³/mol. The number of rotatable bonds is 4. The minimum Gasteiger partial charge on any atom is -0.350 e. The molecular weight excluding hydrogens is 208 g/mol. The lowest BCUT2D eigenvalue weighted by atomic mass is 10.1. The Labute approximate surface area is 94.7 Å². The summed E-state index contributed by atoms with van der Waals surface area (Å²) in [6, 6.07) is 1.64. The predicted octanol–water partition coefficient (Wildman–Crippen LogP) is 1.66. The quantitative estimate of drug-likeness (QED) is 0.820. The van der Waals surface area contributed by atoms with E-state index in [1.165, 1.54) is 10.4 Å². The molecule has 0 unspecified atom stereocenters. The number of nitrogens with two attached hydrogens (primary N) is 1. The summed E-state index contributed by atoms with van der Waals surface area (Å²) in [5, 5.41) is 4.88. The average molecular weight is 226 g/mol. The van der Waals surface area contributed by atoms with Gasteiger partial charge in [-0.3, -0.25) is 4.79 Å². The van der Waals surface area contributed by atoms with Crippen LogP contribution in [0.2, 0.25) is 0 Å². The van der Waals surface area contributed by atoms with E-state index in [0.717, 1.165) is 0 Å². The Morgan fingerprint density at radius 2 is 2.27 bits per heavy atom. The van der Waals surface area contributed by atoms with Crippen LogP contribution < -0.4 is 11.1 Å². The van der Waals surface area contributed by atoms with Crippen LogP contribution in [-0.4, -0.2) is 11.9 Å². The molecule has 0 radical (unpaired) electrons. The van der Waals surface area contributed by atoms with Gasteiger partial charge in [0.1, 0.15) is 0 Å². The second kappa shape index (κ2) is 5.28. The summed E-state index contributed by atoms with van der Waals surface area (Å²) in [5.74, 6) is 0.104. The molecule has 0 saturated carbocycles. The fourth-order valence-corrected chi connectivity index (χ4v) is 2.02. The van der Waals surface area contributed by atoms with Gasteiger partial charge in [-0.15, -0.1) is 11.3 Å². The second-order valence-electron chi connectivity index (χ2n) is 4.01. The first-order valence-electron chi connectivity index (χ1n) is 5.08. The molecule has 1 aromatic rings. The van der Waals surface area contributed by atoms with Gasteiger partial charge < -0.3 is 11.1 Å². The Morgan fingerprint density at radius 3 is 2.73 bits per heavy atom. The molecule has 0 bridgehead atoms. The number of nitrogens with one attached hydrogen (secondary N) is 1. The van der Waals surface area contributed by atoms with E-state index in [2.05, 4.69) is 11.4 Å².